The van der Waals surface area contributed by atoms with Crippen molar-refractivity contribution in [1.29, 1.82) is 0 Å². The van der Waals surface area contributed by atoms with Crippen LogP contribution in [0.15, 0.2) is 85.1 Å². The molecule has 0 aromatic carbocycles. The molecule has 0 radical (unpaired) electrons. The van der Waals surface area contributed by atoms with Gasteiger partial charge in [-0.3, -0.25) is 9.36 Å². The summed E-state index contributed by atoms with van der Waals surface area (Å²) in [6.45, 7) is 4.58. The zero-order valence-electron chi connectivity index (χ0n) is 42.0. The van der Waals surface area contributed by atoms with E-state index in [0.29, 0.717) is 23.9 Å². The van der Waals surface area contributed by atoms with Crippen molar-refractivity contribution in [3.63, 3.8) is 0 Å². The minimum atomic E-state index is -4.58. The lowest BCUT2D eigenvalue weighted by molar-refractivity contribution is -0.870. The molecule has 1 amide bonds. The maximum atomic E-state index is 12.9. The predicted octanol–water partition coefficient (Wildman–Crippen LogP) is 14.7. The van der Waals surface area contributed by atoms with E-state index >= 15 is 0 Å². The molecule has 0 aromatic rings. The smallest absolute Gasteiger partial charge is 0.268 e. The van der Waals surface area contributed by atoms with E-state index in [1.807, 2.05) is 21.1 Å². The van der Waals surface area contributed by atoms with Crippen LogP contribution in [-0.4, -0.2) is 68.5 Å². The Labute approximate surface area is 395 Å². The third-order valence-electron chi connectivity index (χ3n) is 11.1. The molecule has 370 valence electrons. The van der Waals surface area contributed by atoms with E-state index in [1.54, 1.807) is 0 Å². The Balaban J connectivity index is 4.23. The predicted molar refractivity (Wildman–Crippen MR) is 274 cm³/mol. The van der Waals surface area contributed by atoms with E-state index in [2.05, 4.69) is 104 Å². The van der Waals surface area contributed by atoms with Crippen molar-refractivity contribution in [3.8, 4) is 0 Å². The van der Waals surface area contributed by atoms with Crippen LogP contribution < -0.4 is 10.2 Å². The fourth-order valence-corrected chi connectivity index (χ4v) is 7.80. The van der Waals surface area contributed by atoms with E-state index in [1.165, 1.54) is 83.5 Å². The number of amides is 1. The number of hydrogen-bond acceptors (Lipinski definition) is 6. The number of carbonyl (C=O) groups excluding carboxylic acids is 1. The zero-order chi connectivity index (χ0) is 47.1. The molecule has 0 spiro atoms. The highest BCUT2D eigenvalue weighted by molar-refractivity contribution is 7.45. The van der Waals surface area contributed by atoms with Crippen molar-refractivity contribution in [2.75, 3.05) is 40.9 Å². The van der Waals surface area contributed by atoms with Crippen molar-refractivity contribution >= 4 is 13.7 Å². The number of nitrogens with one attached hydrogen (secondary N) is 1. The molecule has 8 nitrogen and oxygen atoms in total. The number of allylic oxidation sites excluding steroid dienone is 14. The summed E-state index contributed by atoms with van der Waals surface area (Å²) in [7, 11) is 1.28. The van der Waals surface area contributed by atoms with Gasteiger partial charge in [-0.1, -0.05) is 214 Å². The molecule has 64 heavy (non-hydrogen) atoms. The van der Waals surface area contributed by atoms with Crippen LogP contribution >= 0.6 is 7.82 Å². The van der Waals surface area contributed by atoms with Gasteiger partial charge < -0.3 is 28.8 Å². The van der Waals surface area contributed by atoms with Crippen LogP contribution in [0.25, 0.3) is 0 Å². The van der Waals surface area contributed by atoms with Gasteiger partial charge in [0.1, 0.15) is 13.2 Å². The van der Waals surface area contributed by atoms with Crippen LogP contribution in [0.4, 0.5) is 0 Å². The first kappa shape index (κ1) is 61.7. The SMILES string of the molecule is CC/C=C\C/C=C\C/C=C\C/C=C\C/C=C\C/C=C\C/C=C\CCCCCCCCCC(=O)NC(COP(=O)([O-])OCC[N+](C)(C)C)C(O)CCCCCCCCCCCCCCC. The van der Waals surface area contributed by atoms with Gasteiger partial charge in [0.25, 0.3) is 7.82 Å². The Bertz CT molecular complexity index is 1310. The highest BCUT2D eigenvalue weighted by Gasteiger charge is 2.24. The normalized spacial score (nSPS) is 14.8. The Morgan fingerprint density at radius 2 is 0.953 bits per heavy atom. The van der Waals surface area contributed by atoms with E-state index < -0.39 is 20.0 Å². The van der Waals surface area contributed by atoms with Crippen molar-refractivity contribution < 1.29 is 32.9 Å². The monoisotopic (exact) mass is 915 g/mol. The van der Waals surface area contributed by atoms with E-state index in [0.717, 1.165) is 96.3 Å². The van der Waals surface area contributed by atoms with Crippen LogP contribution in [0.1, 0.15) is 206 Å². The summed E-state index contributed by atoms with van der Waals surface area (Å²) in [6, 6.07) is -0.811. The van der Waals surface area contributed by atoms with Crippen LogP contribution in [0.2, 0.25) is 0 Å². The summed E-state index contributed by atoms with van der Waals surface area (Å²) in [5, 5.41) is 13.9. The average Bonchev–Trinajstić information content (AvgIpc) is 3.25. The number of likely N-dealkylation sites (N-methyl/N-ethyl adjacent to an activating group) is 1. The molecular formula is C55H99N2O6P. The van der Waals surface area contributed by atoms with Crippen LogP contribution in [0.3, 0.4) is 0 Å². The number of aliphatic hydroxyl groups excluding tert-OH is 1. The molecule has 0 fully saturated rings. The van der Waals surface area contributed by atoms with Gasteiger partial charge in [-0.15, -0.1) is 0 Å². The number of rotatable bonds is 46. The fraction of sp³-hybridized carbons (Fsp3) is 0.727. The lowest BCUT2D eigenvalue weighted by Crippen LogP contribution is -2.46. The molecular weight excluding hydrogens is 816 g/mol. The van der Waals surface area contributed by atoms with Crippen LogP contribution in [0.5, 0.6) is 0 Å². The van der Waals surface area contributed by atoms with Gasteiger partial charge >= 0.3 is 0 Å². The second-order valence-corrected chi connectivity index (χ2v) is 19.9. The fourth-order valence-electron chi connectivity index (χ4n) is 7.08. The maximum Gasteiger partial charge on any atom is 0.268 e. The van der Waals surface area contributed by atoms with E-state index in [9.17, 15) is 19.4 Å². The molecule has 0 saturated carbocycles. The number of quaternary nitrogens is 1. The molecule has 0 saturated heterocycles. The number of unbranched alkanes of at least 4 members (excludes halogenated alkanes) is 19. The van der Waals surface area contributed by atoms with Crippen molar-refractivity contribution in [3.05, 3.63) is 85.1 Å². The van der Waals surface area contributed by atoms with E-state index in [4.69, 9.17) is 9.05 Å². The molecule has 2 N–H and O–H groups in total. The van der Waals surface area contributed by atoms with Gasteiger partial charge in [-0.2, -0.15) is 0 Å². The summed E-state index contributed by atoms with van der Waals surface area (Å²) in [5.74, 6) is -0.180. The van der Waals surface area contributed by atoms with Gasteiger partial charge in [-0.25, -0.2) is 0 Å². The largest absolute Gasteiger partial charge is 0.756 e. The summed E-state index contributed by atoms with van der Waals surface area (Å²) in [6.07, 6.45) is 63.1. The lowest BCUT2D eigenvalue weighted by atomic mass is 10.0. The molecule has 0 heterocycles. The average molecular weight is 915 g/mol. The topological polar surface area (TPSA) is 108 Å². The number of carbonyl (C=O) groups is 1. The Morgan fingerprint density at radius 1 is 0.562 bits per heavy atom. The number of nitrogens with zero attached hydrogens (tertiary/aromatic N) is 1. The standard InChI is InChI=1S/C55H99N2O6P/c1-6-8-10-12-14-16-18-20-21-22-23-24-25-26-27-28-29-30-31-32-33-34-35-37-39-41-43-45-47-49-55(59)56-53(52-63-64(60,61)62-51-50-57(3,4)5)54(58)48-46-44-42-40-38-36-19-17-15-13-11-9-7-2/h8,10,14,16,20-21,23-24,26-27,29-30,32-33,53-54,58H,6-7,9,11-13,15,17-19,22,25,28,31,34-52H2,1-5H3,(H-,56,59,60,61)/b10-8-,16-14-,21-20-,24-23-,27-26-,30-29-,33-32-. The zero-order valence-corrected chi connectivity index (χ0v) is 42.8. The molecule has 0 aromatic heterocycles. The van der Waals surface area contributed by atoms with Gasteiger partial charge in [-0.05, 0) is 70.6 Å². The number of hydrogen-bond donors (Lipinski definition) is 2. The molecule has 9 heteroatoms. The molecule has 0 rings (SSSR count). The van der Waals surface area contributed by atoms with Crippen molar-refractivity contribution in [2.24, 2.45) is 0 Å². The lowest BCUT2D eigenvalue weighted by Gasteiger charge is -2.30. The maximum absolute atomic E-state index is 12.9. The first-order valence-electron chi connectivity index (χ1n) is 25.9. The second kappa shape index (κ2) is 45.8. The van der Waals surface area contributed by atoms with Gasteiger partial charge in [0.15, 0.2) is 0 Å². The Morgan fingerprint density at radius 3 is 1.39 bits per heavy atom. The third-order valence-corrected chi connectivity index (χ3v) is 12.1. The quantitative estimate of drug-likeness (QED) is 0.0273. The van der Waals surface area contributed by atoms with Gasteiger partial charge in [0.2, 0.25) is 5.91 Å². The van der Waals surface area contributed by atoms with Crippen molar-refractivity contribution in [1.82, 2.24) is 5.32 Å². The minimum Gasteiger partial charge on any atom is -0.756 e. The number of phosphoric ester groups is 1. The molecule has 3 atom stereocenters. The molecule has 3 unspecified atom stereocenters. The van der Waals surface area contributed by atoms with Gasteiger partial charge in [0.05, 0.1) is 39.9 Å². The first-order chi connectivity index (χ1) is 31.0. The van der Waals surface area contributed by atoms with Crippen LogP contribution in [0, 0.1) is 0 Å². The molecule has 0 bridgehead atoms. The Hall–Kier alpha value is -2.32. The summed E-state index contributed by atoms with van der Waals surface area (Å²) >= 11 is 0. The number of phosphoric acid groups is 1. The molecule has 0 aliphatic heterocycles. The summed E-state index contributed by atoms with van der Waals surface area (Å²) in [4.78, 5) is 25.4. The molecule has 0 aliphatic rings. The highest BCUT2D eigenvalue weighted by atomic mass is 31.2. The third kappa shape index (κ3) is 47.6. The van der Waals surface area contributed by atoms with Crippen molar-refractivity contribution in [2.45, 2.75) is 219 Å². The minimum absolute atomic E-state index is 0.00555. The highest BCUT2D eigenvalue weighted by Crippen LogP contribution is 2.38. The Kier molecular flexibility index (Phi) is 44.2. The summed E-state index contributed by atoms with van der Waals surface area (Å²) in [5.41, 5.74) is 0. The first-order valence-corrected chi connectivity index (χ1v) is 27.4. The number of aliphatic hydroxyl groups is 1. The van der Waals surface area contributed by atoms with E-state index in [-0.39, 0.29) is 19.1 Å². The van der Waals surface area contributed by atoms with Gasteiger partial charge in [0, 0.05) is 6.42 Å². The second-order valence-electron chi connectivity index (χ2n) is 18.5. The van der Waals surface area contributed by atoms with Crippen LogP contribution in [-0.2, 0) is 18.4 Å². The summed E-state index contributed by atoms with van der Waals surface area (Å²) < 4.78 is 23.3. The molecule has 0 aliphatic carbocycles.